The van der Waals surface area contributed by atoms with E-state index in [4.69, 9.17) is 20.9 Å². The molecule has 3 aliphatic rings. The number of carbonyl (C=O) groups excluding carboxylic acids is 4. The topological polar surface area (TPSA) is 161 Å². The van der Waals surface area contributed by atoms with Crippen molar-refractivity contribution in [1.82, 2.24) is 14.7 Å². The molecule has 4 rings (SSSR count). The van der Waals surface area contributed by atoms with Gasteiger partial charge >= 0.3 is 12.1 Å². The molecule has 3 heterocycles. The molecule has 2 saturated heterocycles. The minimum absolute atomic E-state index is 0.0408. The van der Waals surface area contributed by atoms with E-state index in [0.29, 0.717) is 68.9 Å². The Morgan fingerprint density at radius 3 is 2.28 bits per heavy atom. The maximum atomic E-state index is 13.7. The van der Waals surface area contributed by atoms with Crippen LogP contribution in [0.15, 0.2) is 23.2 Å². The van der Waals surface area contributed by atoms with Crippen molar-refractivity contribution in [3.8, 4) is 5.75 Å². The lowest BCUT2D eigenvalue weighted by Gasteiger charge is -2.39. The van der Waals surface area contributed by atoms with Crippen molar-refractivity contribution in [2.75, 3.05) is 26.2 Å². The van der Waals surface area contributed by atoms with Crippen LogP contribution in [0.2, 0.25) is 0 Å². The lowest BCUT2D eigenvalue weighted by atomic mass is 9.84. The highest BCUT2D eigenvalue weighted by molar-refractivity contribution is 5.94. The Morgan fingerprint density at radius 2 is 1.65 bits per heavy atom. The number of likely N-dealkylation sites (tertiary alicyclic amines) is 2. The zero-order valence-corrected chi connectivity index (χ0v) is 28.3. The van der Waals surface area contributed by atoms with Crippen LogP contribution in [0.1, 0.15) is 84.8 Å². The number of amides is 5. The zero-order valence-electron chi connectivity index (χ0n) is 28.3. The summed E-state index contributed by atoms with van der Waals surface area (Å²) in [6.45, 7) is 13.9. The number of carbonyl (C=O) groups is 4. The van der Waals surface area contributed by atoms with Crippen LogP contribution in [0.3, 0.4) is 0 Å². The summed E-state index contributed by atoms with van der Waals surface area (Å²) in [7, 11) is 0. The third-order valence-electron chi connectivity index (χ3n) is 9.36. The first kappa shape index (κ1) is 35.0. The fourth-order valence-electron chi connectivity index (χ4n) is 6.47. The van der Waals surface area contributed by atoms with Crippen LogP contribution in [0.5, 0.6) is 5.75 Å². The van der Waals surface area contributed by atoms with E-state index in [-0.39, 0.29) is 24.4 Å². The molecular weight excluding hydrogens is 588 g/mol. The summed E-state index contributed by atoms with van der Waals surface area (Å²) in [5.74, 6) is 1.21. The average Bonchev–Trinajstić information content (AvgIpc) is 3.50. The van der Waals surface area contributed by atoms with Gasteiger partial charge in [-0.25, -0.2) is 9.59 Å². The summed E-state index contributed by atoms with van der Waals surface area (Å²) in [6, 6.07) is 4.09. The Kier molecular flexibility index (Phi) is 11.2. The maximum Gasteiger partial charge on any atom is 0.411 e. The number of primary amides is 1. The van der Waals surface area contributed by atoms with E-state index in [1.165, 1.54) is 9.80 Å². The van der Waals surface area contributed by atoms with E-state index in [0.717, 1.165) is 30.4 Å². The van der Waals surface area contributed by atoms with Gasteiger partial charge in [0.2, 0.25) is 11.8 Å². The number of amidine groups is 1. The first-order valence-electron chi connectivity index (χ1n) is 16.6. The molecule has 3 aliphatic heterocycles. The van der Waals surface area contributed by atoms with E-state index < -0.39 is 29.7 Å². The van der Waals surface area contributed by atoms with Crippen LogP contribution in [0.4, 0.5) is 9.59 Å². The molecule has 5 amide bonds. The standard InChI is InChI=1S/C34H52N6O6/c1-21(2)29(35)37-32(43)38-15-11-23(12-16-38)22(3)13-17-45-26-10-9-24-19-28(31(42)39-14-7-8-27(39)30(36)41)40(20-25(24)18-26)33(44)46-34(4,5)6/h9-10,18,21-23,27-28H,7-8,11-17,19-20H2,1-6H3,(H2,36,41)(H2,35,37,43)/t22-,27+,28+/m1/s1. The molecule has 0 bridgehead atoms. The zero-order chi connectivity index (χ0) is 33.8. The molecule has 0 unspecified atom stereocenters. The SMILES string of the molecule is CC(C)C(N)=NC(=O)N1CCC([C@H](C)CCOc2ccc3c(c2)CN(C(=O)OC(C)(C)C)[C@H](C(=O)N2CCC[C@H]2C(N)=O)C3)CC1. The second-order valence-electron chi connectivity index (χ2n) is 14.3. The normalized spacial score (nSPS) is 21.6. The van der Waals surface area contributed by atoms with Gasteiger partial charge in [0.25, 0.3) is 0 Å². The Hall–Kier alpha value is -3.83. The number of rotatable bonds is 8. The number of nitrogens with zero attached hydrogens (tertiary/aromatic N) is 4. The van der Waals surface area contributed by atoms with E-state index in [1.54, 1.807) is 25.7 Å². The van der Waals surface area contributed by atoms with Crippen molar-refractivity contribution in [3.63, 3.8) is 0 Å². The van der Waals surface area contributed by atoms with Gasteiger partial charge in [0.1, 0.15) is 29.3 Å². The molecule has 2 fully saturated rings. The fraction of sp³-hybridized carbons (Fsp3) is 0.676. The van der Waals surface area contributed by atoms with E-state index in [2.05, 4.69) is 11.9 Å². The van der Waals surface area contributed by atoms with Crippen molar-refractivity contribution in [2.45, 2.75) is 104 Å². The molecule has 1 aromatic rings. The molecule has 0 spiro atoms. The van der Waals surface area contributed by atoms with E-state index in [9.17, 15) is 19.2 Å². The molecule has 1 aromatic carbocycles. The predicted molar refractivity (Wildman–Crippen MR) is 175 cm³/mol. The Labute approximate surface area is 272 Å². The van der Waals surface area contributed by atoms with Gasteiger partial charge in [0, 0.05) is 32.0 Å². The van der Waals surface area contributed by atoms with Crippen molar-refractivity contribution in [3.05, 3.63) is 29.3 Å². The number of hydrogen-bond donors (Lipinski definition) is 2. The number of aliphatic imine (C=N–C) groups is 1. The number of ether oxygens (including phenoxy) is 2. The summed E-state index contributed by atoms with van der Waals surface area (Å²) in [6.07, 6.45) is 3.65. The number of urea groups is 1. The predicted octanol–water partition coefficient (Wildman–Crippen LogP) is 4.07. The van der Waals surface area contributed by atoms with Crippen molar-refractivity contribution < 1.29 is 28.7 Å². The Balaban J connectivity index is 1.36. The third-order valence-corrected chi connectivity index (χ3v) is 9.36. The van der Waals surface area contributed by atoms with Gasteiger partial charge in [-0.1, -0.05) is 26.8 Å². The summed E-state index contributed by atoms with van der Waals surface area (Å²) in [4.78, 5) is 60.4. The first-order chi connectivity index (χ1) is 21.6. The van der Waals surface area contributed by atoms with E-state index in [1.807, 2.05) is 32.0 Å². The van der Waals surface area contributed by atoms with Crippen molar-refractivity contribution >= 4 is 29.8 Å². The highest BCUT2D eigenvalue weighted by atomic mass is 16.6. The molecular formula is C34H52N6O6. The van der Waals surface area contributed by atoms with Gasteiger partial charge in [-0.05, 0) is 88.0 Å². The molecule has 0 saturated carbocycles. The van der Waals surface area contributed by atoms with Crippen LogP contribution < -0.4 is 16.2 Å². The molecule has 4 N–H and O–H groups in total. The number of nitrogens with two attached hydrogens (primary N) is 2. The monoisotopic (exact) mass is 640 g/mol. The van der Waals surface area contributed by atoms with Gasteiger partial charge < -0.3 is 30.7 Å². The second kappa shape index (κ2) is 14.7. The van der Waals surface area contributed by atoms with Crippen LogP contribution in [-0.2, 0) is 27.3 Å². The Bertz CT molecular complexity index is 1320. The smallest absolute Gasteiger partial charge is 0.411 e. The van der Waals surface area contributed by atoms with Gasteiger partial charge in [0.05, 0.1) is 13.2 Å². The van der Waals surface area contributed by atoms with Gasteiger partial charge in [-0.15, -0.1) is 0 Å². The highest BCUT2D eigenvalue weighted by Gasteiger charge is 2.43. The highest BCUT2D eigenvalue weighted by Crippen LogP contribution is 2.32. The van der Waals surface area contributed by atoms with Crippen LogP contribution in [-0.4, -0.2) is 88.4 Å². The molecule has 0 radical (unpaired) electrons. The third kappa shape index (κ3) is 8.70. The molecule has 0 aliphatic carbocycles. The maximum absolute atomic E-state index is 13.7. The number of hydrogen-bond acceptors (Lipinski definition) is 6. The van der Waals surface area contributed by atoms with Gasteiger partial charge in [-0.2, -0.15) is 4.99 Å². The average molecular weight is 641 g/mol. The molecule has 3 atom stereocenters. The minimum Gasteiger partial charge on any atom is -0.494 e. The van der Waals surface area contributed by atoms with Gasteiger partial charge in [0.15, 0.2) is 0 Å². The molecule has 46 heavy (non-hydrogen) atoms. The Morgan fingerprint density at radius 1 is 0.957 bits per heavy atom. The summed E-state index contributed by atoms with van der Waals surface area (Å²) in [5.41, 5.74) is 12.6. The quantitative estimate of drug-likeness (QED) is 0.320. The number of piperidine rings is 1. The van der Waals surface area contributed by atoms with Crippen LogP contribution >= 0.6 is 0 Å². The second-order valence-corrected chi connectivity index (χ2v) is 14.3. The number of benzene rings is 1. The van der Waals surface area contributed by atoms with Crippen molar-refractivity contribution in [1.29, 1.82) is 0 Å². The summed E-state index contributed by atoms with van der Waals surface area (Å²) in [5, 5.41) is 0. The lowest BCUT2D eigenvalue weighted by Crippen LogP contribution is -2.56. The van der Waals surface area contributed by atoms with E-state index >= 15 is 0 Å². The van der Waals surface area contributed by atoms with Crippen molar-refractivity contribution in [2.24, 2.45) is 34.2 Å². The minimum atomic E-state index is -0.795. The summed E-state index contributed by atoms with van der Waals surface area (Å²) >= 11 is 0. The molecule has 254 valence electrons. The van der Waals surface area contributed by atoms with Crippen LogP contribution in [0.25, 0.3) is 0 Å². The van der Waals surface area contributed by atoms with Gasteiger partial charge in [-0.3, -0.25) is 14.5 Å². The van der Waals surface area contributed by atoms with Crippen LogP contribution in [0, 0.1) is 17.8 Å². The molecule has 0 aromatic heterocycles. The summed E-state index contributed by atoms with van der Waals surface area (Å²) < 4.78 is 11.9. The molecule has 12 nitrogen and oxygen atoms in total. The lowest BCUT2D eigenvalue weighted by molar-refractivity contribution is -0.142. The largest absolute Gasteiger partial charge is 0.494 e. The fourth-order valence-corrected chi connectivity index (χ4v) is 6.47. The molecule has 12 heteroatoms. The first-order valence-corrected chi connectivity index (χ1v) is 16.6. The number of fused-ring (bicyclic) bond motifs is 1.